The largest absolute Gasteiger partial charge is 0.480 e. The molecule has 0 spiro atoms. The first kappa shape index (κ1) is 15.6. The SMILES string of the molecule is CC(C)C1SCC(C(=O)O)N1C(=O)Cc1ccc(N)cn1. The monoisotopic (exact) mass is 309 g/mol. The average molecular weight is 309 g/mol. The summed E-state index contributed by atoms with van der Waals surface area (Å²) in [6, 6.07) is 2.61. The molecule has 1 aromatic rings. The summed E-state index contributed by atoms with van der Waals surface area (Å²) in [6.45, 7) is 3.98. The molecular formula is C14H19N3O3S. The number of anilines is 1. The molecule has 1 aliphatic rings. The van der Waals surface area contributed by atoms with Gasteiger partial charge in [-0.3, -0.25) is 9.78 Å². The van der Waals surface area contributed by atoms with Gasteiger partial charge in [0.25, 0.3) is 0 Å². The van der Waals surface area contributed by atoms with Crippen molar-refractivity contribution in [2.75, 3.05) is 11.5 Å². The average Bonchev–Trinajstić information content (AvgIpc) is 2.86. The maximum Gasteiger partial charge on any atom is 0.327 e. The number of aromatic nitrogens is 1. The number of carboxylic acid groups (broad SMARTS) is 1. The molecule has 0 aliphatic carbocycles. The summed E-state index contributed by atoms with van der Waals surface area (Å²) < 4.78 is 0. The summed E-state index contributed by atoms with van der Waals surface area (Å²) in [7, 11) is 0. The van der Waals surface area contributed by atoms with Gasteiger partial charge in [-0.2, -0.15) is 0 Å². The number of aliphatic carboxylic acids is 1. The Morgan fingerprint density at radius 2 is 2.24 bits per heavy atom. The standard InChI is InChI=1S/C14H19N3O3S/c1-8(2)13-17(11(7-21-13)14(19)20)12(18)5-10-4-3-9(15)6-16-10/h3-4,6,8,11,13H,5,7,15H2,1-2H3,(H,19,20). The molecule has 2 atom stereocenters. The first-order chi connectivity index (χ1) is 9.90. The molecule has 1 amide bonds. The van der Waals surface area contributed by atoms with Crippen LogP contribution in [0.5, 0.6) is 0 Å². The third-order valence-electron chi connectivity index (χ3n) is 3.36. The molecule has 114 valence electrons. The zero-order chi connectivity index (χ0) is 15.6. The summed E-state index contributed by atoms with van der Waals surface area (Å²) in [5.74, 6) is -0.533. The molecule has 0 bridgehead atoms. The van der Waals surface area contributed by atoms with E-state index in [1.807, 2.05) is 13.8 Å². The van der Waals surface area contributed by atoms with Crippen LogP contribution in [0.25, 0.3) is 0 Å². The molecule has 6 nitrogen and oxygen atoms in total. The number of nitrogen functional groups attached to an aromatic ring is 1. The Labute approximate surface area is 127 Å². The molecule has 0 saturated carbocycles. The van der Waals surface area contributed by atoms with Gasteiger partial charge in [0.2, 0.25) is 5.91 Å². The van der Waals surface area contributed by atoms with Gasteiger partial charge >= 0.3 is 5.97 Å². The number of carboxylic acids is 1. The van der Waals surface area contributed by atoms with Gasteiger partial charge in [-0.05, 0) is 18.1 Å². The van der Waals surface area contributed by atoms with Gasteiger partial charge < -0.3 is 15.7 Å². The smallest absolute Gasteiger partial charge is 0.327 e. The summed E-state index contributed by atoms with van der Waals surface area (Å²) in [6.07, 6.45) is 1.59. The third-order valence-corrected chi connectivity index (χ3v) is 4.98. The van der Waals surface area contributed by atoms with Crippen molar-refractivity contribution in [3.63, 3.8) is 0 Å². The lowest BCUT2D eigenvalue weighted by Crippen LogP contribution is -2.47. The number of nitrogens with two attached hydrogens (primary N) is 1. The first-order valence-corrected chi connectivity index (χ1v) is 7.81. The number of nitrogens with zero attached hydrogens (tertiary/aromatic N) is 2. The Balaban J connectivity index is 2.16. The summed E-state index contributed by atoms with van der Waals surface area (Å²) in [5, 5.41) is 9.19. The number of pyridine rings is 1. The first-order valence-electron chi connectivity index (χ1n) is 6.76. The summed E-state index contributed by atoms with van der Waals surface area (Å²) >= 11 is 1.52. The second kappa shape index (κ2) is 6.34. The highest BCUT2D eigenvalue weighted by molar-refractivity contribution is 8.00. The summed E-state index contributed by atoms with van der Waals surface area (Å²) in [5.41, 5.74) is 6.69. The minimum absolute atomic E-state index is 0.0911. The molecule has 1 fully saturated rings. The van der Waals surface area contributed by atoms with Crippen LogP contribution >= 0.6 is 11.8 Å². The fourth-order valence-electron chi connectivity index (χ4n) is 2.33. The van der Waals surface area contributed by atoms with Crippen LogP contribution in [0.15, 0.2) is 18.3 Å². The Kier molecular flexibility index (Phi) is 4.72. The molecule has 0 aromatic carbocycles. The van der Waals surface area contributed by atoms with E-state index in [0.29, 0.717) is 17.1 Å². The Morgan fingerprint density at radius 1 is 1.52 bits per heavy atom. The van der Waals surface area contributed by atoms with Gasteiger partial charge in [-0.25, -0.2) is 4.79 Å². The van der Waals surface area contributed by atoms with Crippen LogP contribution in [0, 0.1) is 5.92 Å². The lowest BCUT2D eigenvalue weighted by Gasteiger charge is -2.29. The number of hydrogen-bond acceptors (Lipinski definition) is 5. The number of carbonyl (C=O) groups excluding carboxylic acids is 1. The predicted molar refractivity (Wildman–Crippen MR) is 81.7 cm³/mol. The number of carbonyl (C=O) groups is 2. The van der Waals surface area contributed by atoms with E-state index in [0.717, 1.165) is 0 Å². The van der Waals surface area contributed by atoms with Gasteiger partial charge in [-0.1, -0.05) is 13.8 Å². The molecular weight excluding hydrogens is 290 g/mol. The number of rotatable bonds is 4. The van der Waals surface area contributed by atoms with E-state index < -0.39 is 12.0 Å². The van der Waals surface area contributed by atoms with Crippen LogP contribution in [0.1, 0.15) is 19.5 Å². The molecule has 2 rings (SSSR count). The highest BCUT2D eigenvalue weighted by atomic mass is 32.2. The molecule has 1 aliphatic heterocycles. The highest BCUT2D eigenvalue weighted by Gasteiger charge is 2.42. The van der Waals surface area contributed by atoms with Crippen LogP contribution < -0.4 is 5.73 Å². The van der Waals surface area contributed by atoms with E-state index in [9.17, 15) is 14.7 Å². The van der Waals surface area contributed by atoms with Crippen molar-refractivity contribution in [3.8, 4) is 0 Å². The fourth-order valence-corrected chi connectivity index (χ4v) is 3.83. The second-order valence-corrected chi connectivity index (χ2v) is 6.53. The highest BCUT2D eigenvalue weighted by Crippen LogP contribution is 2.34. The van der Waals surface area contributed by atoms with Crippen molar-refractivity contribution in [3.05, 3.63) is 24.0 Å². The van der Waals surface area contributed by atoms with Crippen molar-refractivity contribution in [2.24, 2.45) is 5.92 Å². The van der Waals surface area contributed by atoms with Crippen molar-refractivity contribution in [2.45, 2.75) is 31.7 Å². The zero-order valence-electron chi connectivity index (χ0n) is 12.0. The zero-order valence-corrected chi connectivity index (χ0v) is 12.8. The maximum absolute atomic E-state index is 12.5. The van der Waals surface area contributed by atoms with Crippen LogP contribution in [0.2, 0.25) is 0 Å². The van der Waals surface area contributed by atoms with E-state index in [1.165, 1.54) is 22.9 Å². The molecule has 3 N–H and O–H groups in total. The van der Waals surface area contributed by atoms with Gasteiger partial charge in [0.15, 0.2) is 0 Å². The molecule has 1 saturated heterocycles. The van der Waals surface area contributed by atoms with Crippen molar-refractivity contribution in [1.29, 1.82) is 0 Å². The molecule has 2 heterocycles. The molecule has 7 heteroatoms. The minimum Gasteiger partial charge on any atom is -0.480 e. The van der Waals surface area contributed by atoms with Crippen molar-refractivity contribution >= 4 is 29.3 Å². The second-order valence-electron chi connectivity index (χ2n) is 5.38. The van der Waals surface area contributed by atoms with E-state index in [1.54, 1.807) is 12.1 Å². The van der Waals surface area contributed by atoms with Crippen LogP contribution in [0.3, 0.4) is 0 Å². The van der Waals surface area contributed by atoms with Gasteiger partial charge in [0.05, 0.1) is 23.7 Å². The topological polar surface area (TPSA) is 96.5 Å². The molecule has 0 radical (unpaired) electrons. The predicted octanol–water partition coefficient (Wildman–Crippen LogP) is 1.22. The van der Waals surface area contributed by atoms with Crippen LogP contribution in [0.4, 0.5) is 5.69 Å². The fraction of sp³-hybridized carbons (Fsp3) is 0.500. The third kappa shape index (κ3) is 3.47. The van der Waals surface area contributed by atoms with Gasteiger partial charge in [0, 0.05) is 11.4 Å². The Morgan fingerprint density at radius 3 is 2.76 bits per heavy atom. The van der Waals surface area contributed by atoms with E-state index in [4.69, 9.17) is 5.73 Å². The van der Waals surface area contributed by atoms with E-state index in [-0.39, 0.29) is 23.6 Å². The Hall–Kier alpha value is -1.76. The van der Waals surface area contributed by atoms with Crippen molar-refractivity contribution < 1.29 is 14.7 Å². The number of hydrogen-bond donors (Lipinski definition) is 2. The van der Waals surface area contributed by atoms with E-state index in [2.05, 4.69) is 4.98 Å². The Bertz CT molecular complexity index is 533. The molecule has 21 heavy (non-hydrogen) atoms. The van der Waals surface area contributed by atoms with Gasteiger partial charge in [0.1, 0.15) is 6.04 Å². The van der Waals surface area contributed by atoms with Gasteiger partial charge in [-0.15, -0.1) is 11.8 Å². The maximum atomic E-state index is 12.5. The number of thioether (sulfide) groups is 1. The van der Waals surface area contributed by atoms with Crippen molar-refractivity contribution in [1.82, 2.24) is 9.88 Å². The normalized spacial score (nSPS) is 21.8. The number of amides is 1. The van der Waals surface area contributed by atoms with Crippen LogP contribution in [-0.2, 0) is 16.0 Å². The quantitative estimate of drug-likeness (QED) is 0.868. The summed E-state index contributed by atoms with van der Waals surface area (Å²) in [4.78, 5) is 29.4. The van der Waals surface area contributed by atoms with E-state index >= 15 is 0 Å². The lowest BCUT2D eigenvalue weighted by molar-refractivity contribution is -0.149. The lowest BCUT2D eigenvalue weighted by atomic mass is 10.1. The van der Waals surface area contributed by atoms with Crippen LogP contribution in [-0.4, -0.2) is 44.0 Å². The minimum atomic E-state index is -0.954. The molecule has 1 aromatic heterocycles. The molecule has 2 unspecified atom stereocenters.